The lowest BCUT2D eigenvalue weighted by Gasteiger charge is -2.22. The van der Waals surface area contributed by atoms with Crippen molar-refractivity contribution in [1.29, 1.82) is 0 Å². The quantitative estimate of drug-likeness (QED) is 0.721. The topological polar surface area (TPSA) is 79.8 Å². The van der Waals surface area contributed by atoms with Gasteiger partial charge in [0, 0.05) is 18.7 Å². The summed E-state index contributed by atoms with van der Waals surface area (Å²) < 4.78 is 24.2. The van der Waals surface area contributed by atoms with E-state index in [1.807, 2.05) is 24.3 Å². The zero-order valence-electron chi connectivity index (χ0n) is 15.0. The predicted molar refractivity (Wildman–Crippen MR) is 98.0 cm³/mol. The molecule has 0 unspecified atom stereocenters. The van der Waals surface area contributed by atoms with E-state index in [0.717, 1.165) is 11.3 Å². The summed E-state index contributed by atoms with van der Waals surface area (Å²) in [6.07, 6.45) is -1.59. The number of nitrogens with one attached hydrogen (secondary N) is 2. The lowest BCUT2D eigenvalue weighted by Crippen LogP contribution is -2.41. The first-order valence-electron chi connectivity index (χ1n) is 8.79. The fourth-order valence-corrected chi connectivity index (χ4v) is 3.11. The Hall–Kier alpha value is -2.64. The van der Waals surface area contributed by atoms with Crippen molar-refractivity contribution in [3.05, 3.63) is 65.5 Å². The van der Waals surface area contributed by atoms with Gasteiger partial charge in [0.1, 0.15) is 23.8 Å². The van der Waals surface area contributed by atoms with Gasteiger partial charge in [0.2, 0.25) is 0 Å². The molecule has 2 aromatic rings. The third kappa shape index (κ3) is 4.96. The predicted octanol–water partition coefficient (Wildman–Crippen LogP) is 2.00. The first-order valence-corrected chi connectivity index (χ1v) is 8.79. The molecule has 7 heteroatoms. The van der Waals surface area contributed by atoms with Crippen LogP contribution in [0.3, 0.4) is 0 Å². The van der Waals surface area contributed by atoms with E-state index in [1.54, 1.807) is 25.3 Å². The van der Waals surface area contributed by atoms with Crippen LogP contribution < -0.4 is 15.4 Å². The van der Waals surface area contributed by atoms with E-state index in [1.165, 1.54) is 6.07 Å². The fourth-order valence-electron chi connectivity index (χ4n) is 3.11. The maximum atomic E-state index is 13.6. The maximum absolute atomic E-state index is 13.6. The summed E-state index contributed by atoms with van der Waals surface area (Å²) in [6.45, 7) is 0.358. The van der Waals surface area contributed by atoms with E-state index in [-0.39, 0.29) is 12.6 Å². The van der Waals surface area contributed by atoms with Crippen molar-refractivity contribution in [3.63, 3.8) is 0 Å². The number of aliphatic hydroxyl groups is 1. The van der Waals surface area contributed by atoms with Gasteiger partial charge in [-0.25, -0.2) is 9.18 Å². The molecule has 0 radical (unpaired) electrons. The lowest BCUT2D eigenvalue weighted by atomic mass is 10.0. The number of β-amino-alcohol motifs (C(OH)–C–C–N with tert-alkyl or cyclic N) is 1. The number of methoxy groups -OCH3 is 1. The number of benzene rings is 2. The molecule has 0 bridgehead atoms. The van der Waals surface area contributed by atoms with Crippen molar-refractivity contribution in [3.8, 4) is 5.75 Å². The molecule has 3 atom stereocenters. The van der Waals surface area contributed by atoms with Gasteiger partial charge in [0.25, 0.3) is 0 Å². The van der Waals surface area contributed by atoms with Crippen LogP contribution in [-0.2, 0) is 17.7 Å². The molecule has 0 saturated carbocycles. The van der Waals surface area contributed by atoms with Crippen molar-refractivity contribution in [2.24, 2.45) is 0 Å². The highest BCUT2D eigenvalue weighted by atomic mass is 19.1. The van der Waals surface area contributed by atoms with E-state index < -0.39 is 24.1 Å². The van der Waals surface area contributed by atoms with E-state index >= 15 is 0 Å². The van der Waals surface area contributed by atoms with Gasteiger partial charge in [0.05, 0.1) is 13.2 Å². The van der Waals surface area contributed by atoms with Crippen molar-refractivity contribution in [2.45, 2.75) is 31.2 Å². The Kier molecular flexibility index (Phi) is 6.26. The molecule has 3 rings (SSSR count). The van der Waals surface area contributed by atoms with Crippen molar-refractivity contribution < 1.29 is 23.8 Å². The molecule has 27 heavy (non-hydrogen) atoms. The molecule has 3 N–H and O–H groups in total. The molecule has 1 aliphatic rings. The first-order chi connectivity index (χ1) is 13.1. The van der Waals surface area contributed by atoms with Gasteiger partial charge in [0.15, 0.2) is 0 Å². The fraction of sp³-hybridized carbons (Fsp3) is 0.350. The number of hydrogen-bond acceptors (Lipinski definition) is 5. The highest BCUT2D eigenvalue weighted by Gasteiger charge is 2.37. The molecule has 1 heterocycles. The van der Waals surface area contributed by atoms with Gasteiger partial charge in [-0.2, -0.15) is 0 Å². The van der Waals surface area contributed by atoms with Gasteiger partial charge in [-0.05, 0) is 30.2 Å². The summed E-state index contributed by atoms with van der Waals surface area (Å²) in [4.78, 5) is 12.1. The number of carbonyl (C=O) groups is 1. The van der Waals surface area contributed by atoms with Crippen LogP contribution in [0.2, 0.25) is 0 Å². The number of ether oxygens (including phenoxy) is 2. The second kappa shape index (κ2) is 8.83. The summed E-state index contributed by atoms with van der Waals surface area (Å²) >= 11 is 0. The zero-order chi connectivity index (χ0) is 19.2. The second-order valence-corrected chi connectivity index (χ2v) is 6.45. The number of aliphatic hydroxyl groups excluding tert-OH is 1. The normalized spacial score (nSPS) is 21.7. The SMILES string of the molecule is COc1ccc(C[C@H]2NC[C@H](O)[C@H]2OC(=O)NCc2ccccc2F)cc1. The third-order valence-electron chi connectivity index (χ3n) is 4.60. The summed E-state index contributed by atoms with van der Waals surface area (Å²) in [7, 11) is 1.60. The average molecular weight is 374 g/mol. The monoisotopic (exact) mass is 374 g/mol. The Morgan fingerprint density at radius 2 is 2.00 bits per heavy atom. The number of rotatable bonds is 6. The Morgan fingerprint density at radius 1 is 1.26 bits per heavy atom. The molecule has 0 aromatic heterocycles. The Morgan fingerprint density at radius 3 is 2.70 bits per heavy atom. The molecule has 1 fully saturated rings. The zero-order valence-corrected chi connectivity index (χ0v) is 15.0. The smallest absolute Gasteiger partial charge is 0.407 e. The van der Waals surface area contributed by atoms with Crippen molar-refractivity contribution >= 4 is 6.09 Å². The van der Waals surface area contributed by atoms with Crippen molar-refractivity contribution in [1.82, 2.24) is 10.6 Å². The van der Waals surface area contributed by atoms with Crippen LogP contribution in [0.15, 0.2) is 48.5 Å². The maximum Gasteiger partial charge on any atom is 0.407 e. The van der Waals surface area contributed by atoms with Gasteiger partial charge in [-0.15, -0.1) is 0 Å². The van der Waals surface area contributed by atoms with Gasteiger partial charge in [-0.1, -0.05) is 30.3 Å². The van der Waals surface area contributed by atoms with Crippen LogP contribution in [0.4, 0.5) is 9.18 Å². The van der Waals surface area contributed by atoms with Crippen LogP contribution in [0.1, 0.15) is 11.1 Å². The Labute approximate surface area is 157 Å². The van der Waals surface area contributed by atoms with Crippen molar-refractivity contribution in [2.75, 3.05) is 13.7 Å². The first kappa shape index (κ1) is 19.1. The Bertz CT molecular complexity index is 769. The van der Waals surface area contributed by atoms with Gasteiger partial charge >= 0.3 is 6.09 Å². The largest absolute Gasteiger partial charge is 0.497 e. The second-order valence-electron chi connectivity index (χ2n) is 6.45. The molecule has 1 amide bonds. The van der Waals surface area contributed by atoms with E-state index in [9.17, 15) is 14.3 Å². The molecule has 1 aliphatic heterocycles. The highest BCUT2D eigenvalue weighted by molar-refractivity contribution is 5.67. The molecule has 1 saturated heterocycles. The third-order valence-corrected chi connectivity index (χ3v) is 4.60. The van der Waals surface area contributed by atoms with E-state index in [2.05, 4.69) is 10.6 Å². The number of alkyl carbamates (subject to hydrolysis) is 1. The van der Waals surface area contributed by atoms with Gasteiger partial charge < -0.3 is 25.2 Å². The molecule has 0 spiro atoms. The van der Waals surface area contributed by atoms with E-state index in [4.69, 9.17) is 9.47 Å². The summed E-state index contributed by atoms with van der Waals surface area (Å²) in [5.74, 6) is 0.372. The molecular weight excluding hydrogens is 351 g/mol. The Balaban J connectivity index is 1.56. The molecule has 0 aliphatic carbocycles. The van der Waals surface area contributed by atoms with E-state index in [0.29, 0.717) is 18.5 Å². The van der Waals surface area contributed by atoms with Crippen LogP contribution in [0, 0.1) is 5.82 Å². The molecule has 2 aromatic carbocycles. The minimum atomic E-state index is -0.799. The number of halogens is 1. The highest BCUT2D eigenvalue weighted by Crippen LogP contribution is 2.19. The summed E-state index contributed by atoms with van der Waals surface area (Å²) in [5.41, 5.74) is 1.40. The average Bonchev–Trinajstić information content (AvgIpc) is 3.01. The molecule has 6 nitrogen and oxygen atoms in total. The molecular formula is C20H23FN2O4. The minimum Gasteiger partial charge on any atom is -0.497 e. The van der Waals surface area contributed by atoms with Crippen LogP contribution in [0.25, 0.3) is 0 Å². The minimum absolute atomic E-state index is 0.0187. The number of amides is 1. The van der Waals surface area contributed by atoms with Crippen LogP contribution >= 0.6 is 0 Å². The molecule has 144 valence electrons. The van der Waals surface area contributed by atoms with Gasteiger partial charge in [-0.3, -0.25) is 0 Å². The number of hydrogen-bond donors (Lipinski definition) is 3. The summed E-state index contributed by atoms with van der Waals surface area (Å²) in [6, 6.07) is 13.6. The summed E-state index contributed by atoms with van der Waals surface area (Å²) in [5, 5.41) is 15.9. The van der Waals surface area contributed by atoms with Crippen LogP contribution in [-0.4, -0.2) is 43.1 Å². The lowest BCUT2D eigenvalue weighted by molar-refractivity contribution is 0.0187. The van der Waals surface area contributed by atoms with Crippen LogP contribution in [0.5, 0.6) is 5.75 Å². The standard InChI is InChI=1S/C20H23FN2O4/c1-26-15-8-6-13(7-9-15)10-17-19(18(24)12-22-17)27-20(25)23-11-14-4-2-3-5-16(14)21/h2-9,17-19,22,24H,10-12H2,1H3,(H,23,25)/t17-,18+,19+/m1/s1. The number of carbonyl (C=O) groups excluding carboxylic acids is 1.